The Bertz CT molecular complexity index is 763. The Balaban J connectivity index is 1.55. The van der Waals surface area contributed by atoms with Crippen LogP contribution in [0.25, 0.3) is 10.9 Å². The van der Waals surface area contributed by atoms with E-state index in [4.69, 9.17) is 9.47 Å². The zero-order valence-electron chi connectivity index (χ0n) is 13.9. The molecule has 0 aliphatic carbocycles. The standard InChI is InChI=1S/C19H22N2O3/c1-23-16-11-19(24-12-16)7-3-9-21(13-19)18(22)15-5-6-17-14(10-15)4-2-8-20-17/h2,4-6,8,10,16H,3,7,9,11-13H2,1H3/t16-,19+/m0/s1. The summed E-state index contributed by atoms with van der Waals surface area (Å²) in [6.45, 7) is 2.06. The summed E-state index contributed by atoms with van der Waals surface area (Å²) in [5.41, 5.74) is 1.40. The van der Waals surface area contributed by atoms with Gasteiger partial charge in [0.05, 0.1) is 30.4 Å². The molecule has 0 bridgehead atoms. The Morgan fingerprint density at radius 1 is 1.42 bits per heavy atom. The van der Waals surface area contributed by atoms with E-state index in [0.29, 0.717) is 18.7 Å². The highest BCUT2D eigenvalue weighted by Gasteiger charge is 2.44. The van der Waals surface area contributed by atoms with E-state index < -0.39 is 0 Å². The number of nitrogens with zero attached hydrogens (tertiary/aromatic N) is 2. The highest BCUT2D eigenvalue weighted by Crippen LogP contribution is 2.36. The number of aromatic nitrogens is 1. The summed E-state index contributed by atoms with van der Waals surface area (Å²) in [6, 6.07) is 9.59. The van der Waals surface area contributed by atoms with Crippen molar-refractivity contribution in [3.05, 3.63) is 42.1 Å². The lowest BCUT2D eigenvalue weighted by Crippen LogP contribution is -2.50. The Morgan fingerprint density at radius 2 is 2.33 bits per heavy atom. The zero-order valence-corrected chi connectivity index (χ0v) is 13.9. The first-order valence-electron chi connectivity index (χ1n) is 8.50. The van der Waals surface area contributed by atoms with Crippen molar-refractivity contribution in [1.82, 2.24) is 9.88 Å². The van der Waals surface area contributed by atoms with Gasteiger partial charge in [0.1, 0.15) is 0 Å². The Kier molecular flexibility index (Phi) is 3.98. The molecule has 0 radical (unpaired) electrons. The zero-order chi connectivity index (χ0) is 16.6. The quantitative estimate of drug-likeness (QED) is 0.851. The normalized spacial score (nSPS) is 27.0. The topological polar surface area (TPSA) is 51.7 Å². The molecule has 4 rings (SSSR count). The van der Waals surface area contributed by atoms with Gasteiger partial charge in [-0.15, -0.1) is 0 Å². The van der Waals surface area contributed by atoms with Crippen molar-refractivity contribution in [2.75, 3.05) is 26.8 Å². The third kappa shape index (κ3) is 2.78. The van der Waals surface area contributed by atoms with Gasteiger partial charge in [-0.05, 0) is 37.1 Å². The summed E-state index contributed by atoms with van der Waals surface area (Å²) in [4.78, 5) is 19.2. The Morgan fingerprint density at radius 3 is 3.17 bits per heavy atom. The average molecular weight is 326 g/mol. The molecule has 1 aromatic heterocycles. The minimum Gasteiger partial charge on any atom is -0.379 e. The van der Waals surface area contributed by atoms with E-state index in [0.717, 1.165) is 36.7 Å². The number of fused-ring (bicyclic) bond motifs is 1. The van der Waals surface area contributed by atoms with E-state index in [2.05, 4.69) is 4.98 Å². The first-order chi connectivity index (χ1) is 11.7. The van der Waals surface area contributed by atoms with Crippen molar-refractivity contribution in [3.63, 3.8) is 0 Å². The fraction of sp³-hybridized carbons (Fsp3) is 0.474. The van der Waals surface area contributed by atoms with Crippen LogP contribution < -0.4 is 0 Å². The number of piperidine rings is 1. The van der Waals surface area contributed by atoms with Crippen molar-refractivity contribution in [2.24, 2.45) is 0 Å². The number of likely N-dealkylation sites (tertiary alicyclic amines) is 1. The van der Waals surface area contributed by atoms with Gasteiger partial charge >= 0.3 is 0 Å². The van der Waals surface area contributed by atoms with Gasteiger partial charge in [0.2, 0.25) is 0 Å². The van der Waals surface area contributed by atoms with Crippen LogP contribution in [0.4, 0.5) is 0 Å². The molecule has 0 saturated carbocycles. The van der Waals surface area contributed by atoms with Crippen molar-refractivity contribution >= 4 is 16.8 Å². The number of methoxy groups -OCH3 is 1. The molecule has 1 spiro atoms. The molecule has 0 unspecified atom stereocenters. The van der Waals surface area contributed by atoms with Crippen LogP contribution in [-0.2, 0) is 9.47 Å². The number of hydrogen-bond acceptors (Lipinski definition) is 4. The van der Waals surface area contributed by atoms with Gasteiger partial charge in [-0.2, -0.15) is 0 Å². The maximum Gasteiger partial charge on any atom is 0.253 e. The summed E-state index contributed by atoms with van der Waals surface area (Å²) in [5.74, 6) is 0.0734. The van der Waals surface area contributed by atoms with Crippen molar-refractivity contribution < 1.29 is 14.3 Å². The van der Waals surface area contributed by atoms with Crippen LogP contribution in [0, 0.1) is 0 Å². The van der Waals surface area contributed by atoms with Gasteiger partial charge in [0, 0.05) is 37.2 Å². The van der Waals surface area contributed by atoms with Gasteiger partial charge in [-0.3, -0.25) is 9.78 Å². The van der Waals surface area contributed by atoms with E-state index in [-0.39, 0.29) is 17.6 Å². The van der Waals surface area contributed by atoms with Crippen molar-refractivity contribution in [1.29, 1.82) is 0 Å². The van der Waals surface area contributed by atoms with Crippen molar-refractivity contribution in [3.8, 4) is 0 Å². The molecule has 5 nitrogen and oxygen atoms in total. The Labute approximate surface area is 141 Å². The van der Waals surface area contributed by atoms with Gasteiger partial charge in [0.25, 0.3) is 5.91 Å². The second kappa shape index (κ2) is 6.15. The molecular weight excluding hydrogens is 304 g/mol. The molecule has 1 amide bonds. The first-order valence-corrected chi connectivity index (χ1v) is 8.50. The van der Waals surface area contributed by atoms with E-state index in [1.807, 2.05) is 35.2 Å². The molecular formula is C19H22N2O3. The van der Waals surface area contributed by atoms with E-state index in [1.165, 1.54) is 0 Å². The van der Waals surface area contributed by atoms with Crippen LogP contribution in [0.15, 0.2) is 36.5 Å². The van der Waals surface area contributed by atoms with Crippen LogP contribution in [0.2, 0.25) is 0 Å². The Hall–Kier alpha value is -1.98. The first kappa shape index (κ1) is 15.5. The highest BCUT2D eigenvalue weighted by atomic mass is 16.6. The minimum atomic E-state index is -0.229. The van der Waals surface area contributed by atoms with E-state index in [9.17, 15) is 4.79 Å². The molecule has 1 aromatic carbocycles. The summed E-state index contributed by atoms with van der Waals surface area (Å²) in [6.07, 6.45) is 4.75. The average Bonchev–Trinajstić information content (AvgIpc) is 3.03. The van der Waals surface area contributed by atoms with E-state index in [1.54, 1.807) is 13.3 Å². The summed E-state index contributed by atoms with van der Waals surface area (Å²) in [5, 5.41) is 0.992. The molecule has 2 aliphatic rings. The molecule has 2 aromatic rings. The lowest BCUT2D eigenvalue weighted by molar-refractivity contribution is -0.0458. The minimum absolute atomic E-state index is 0.0734. The molecule has 3 heterocycles. The lowest BCUT2D eigenvalue weighted by atomic mass is 9.89. The third-order valence-electron chi connectivity index (χ3n) is 5.19. The monoisotopic (exact) mass is 326 g/mol. The van der Waals surface area contributed by atoms with Crippen LogP contribution in [0.5, 0.6) is 0 Å². The fourth-order valence-corrected chi connectivity index (χ4v) is 3.90. The predicted octanol–water partition coefficient (Wildman–Crippen LogP) is 2.64. The van der Waals surface area contributed by atoms with Gasteiger partial charge in [0.15, 0.2) is 0 Å². The number of benzene rings is 1. The predicted molar refractivity (Wildman–Crippen MR) is 91.0 cm³/mol. The number of hydrogen-bond donors (Lipinski definition) is 0. The SMILES string of the molecule is CO[C@@H]1CO[C@]2(CCCN(C(=O)c3ccc4ncccc4c3)C2)C1. The second-order valence-electron chi connectivity index (χ2n) is 6.80. The molecule has 24 heavy (non-hydrogen) atoms. The van der Waals surface area contributed by atoms with Gasteiger partial charge in [-0.1, -0.05) is 6.07 Å². The molecule has 5 heteroatoms. The number of amides is 1. The van der Waals surface area contributed by atoms with Crippen LogP contribution in [0.1, 0.15) is 29.6 Å². The maximum atomic E-state index is 13.0. The number of rotatable bonds is 2. The van der Waals surface area contributed by atoms with Gasteiger partial charge in [-0.25, -0.2) is 0 Å². The fourth-order valence-electron chi connectivity index (χ4n) is 3.90. The molecule has 2 atom stereocenters. The molecule has 126 valence electrons. The van der Waals surface area contributed by atoms with Crippen LogP contribution in [0.3, 0.4) is 0 Å². The highest BCUT2D eigenvalue weighted by molar-refractivity contribution is 5.98. The summed E-state index contributed by atoms with van der Waals surface area (Å²) >= 11 is 0. The van der Waals surface area contributed by atoms with Crippen molar-refractivity contribution in [2.45, 2.75) is 31.0 Å². The summed E-state index contributed by atoms with van der Waals surface area (Å²) in [7, 11) is 1.72. The molecule has 2 saturated heterocycles. The molecule has 2 fully saturated rings. The number of pyridine rings is 1. The van der Waals surface area contributed by atoms with Crippen LogP contribution >= 0.6 is 0 Å². The lowest BCUT2D eigenvalue weighted by Gasteiger charge is -2.39. The molecule has 2 aliphatic heterocycles. The number of carbonyl (C=O) groups is 1. The largest absolute Gasteiger partial charge is 0.379 e. The van der Waals surface area contributed by atoms with E-state index >= 15 is 0 Å². The number of carbonyl (C=O) groups excluding carboxylic acids is 1. The smallest absolute Gasteiger partial charge is 0.253 e. The third-order valence-corrected chi connectivity index (χ3v) is 5.19. The maximum absolute atomic E-state index is 13.0. The van der Waals surface area contributed by atoms with Gasteiger partial charge < -0.3 is 14.4 Å². The second-order valence-corrected chi connectivity index (χ2v) is 6.80. The number of ether oxygens (including phenoxy) is 2. The van der Waals surface area contributed by atoms with Crippen LogP contribution in [-0.4, -0.2) is 54.3 Å². The molecule has 0 N–H and O–H groups in total. The summed E-state index contributed by atoms with van der Waals surface area (Å²) < 4.78 is 11.5.